The zero-order valence-corrected chi connectivity index (χ0v) is 21.1. The van der Waals surface area contributed by atoms with Crippen LogP contribution in [0.5, 0.6) is 5.75 Å². The van der Waals surface area contributed by atoms with E-state index < -0.39 is 6.04 Å². The van der Waals surface area contributed by atoms with Crippen molar-refractivity contribution in [1.29, 1.82) is 0 Å². The molecule has 1 heterocycles. The molecule has 8 nitrogen and oxygen atoms in total. The first-order valence-electron chi connectivity index (χ1n) is 11.6. The van der Waals surface area contributed by atoms with E-state index in [1.54, 1.807) is 53.1 Å². The summed E-state index contributed by atoms with van der Waals surface area (Å²) in [5, 5.41) is 11.9. The van der Waals surface area contributed by atoms with E-state index in [-0.39, 0.29) is 30.8 Å². The number of aromatic nitrogens is 3. The highest BCUT2D eigenvalue weighted by molar-refractivity contribution is 6.30. The Morgan fingerprint density at radius 2 is 1.72 bits per heavy atom. The molecule has 0 aliphatic rings. The standard InChI is InChI=1S/C27H28ClN5O3/c1-18(2)26(27(35)29-21-12-14-22(36-3)15-13-21)32(16-19-8-10-20(28)11-9-19)25(34)17-33-24-7-5-4-6-23(24)30-31-33/h4-15,18,26H,16-17H2,1-3H3,(H,29,35)/t26-/m0/s1. The second kappa shape index (κ2) is 11.2. The Bertz CT molecular complexity index is 1340. The largest absolute Gasteiger partial charge is 0.497 e. The minimum absolute atomic E-state index is 0.0485. The van der Waals surface area contributed by atoms with E-state index in [0.717, 1.165) is 11.1 Å². The van der Waals surface area contributed by atoms with Gasteiger partial charge in [-0.3, -0.25) is 9.59 Å². The molecule has 0 radical (unpaired) electrons. The van der Waals surface area contributed by atoms with Gasteiger partial charge in [0.15, 0.2) is 0 Å². The summed E-state index contributed by atoms with van der Waals surface area (Å²) in [7, 11) is 1.58. The zero-order chi connectivity index (χ0) is 25.7. The van der Waals surface area contributed by atoms with Gasteiger partial charge in [-0.05, 0) is 60.0 Å². The SMILES string of the molecule is COc1ccc(NC(=O)[C@H](C(C)C)N(Cc2ccc(Cl)cc2)C(=O)Cn2nnc3ccccc32)cc1. The minimum atomic E-state index is -0.731. The molecule has 0 spiro atoms. The van der Waals surface area contributed by atoms with Crippen LogP contribution in [0.15, 0.2) is 72.8 Å². The van der Waals surface area contributed by atoms with Crippen molar-refractivity contribution in [3.05, 3.63) is 83.4 Å². The number of rotatable bonds is 9. The summed E-state index contributed by atoms with van der Waals surface area (Å²) in [5.41, 5.74) is 2.93. The molecule has 0 unspecified atom stereocenters. The molecule has 0 saturated heterocycles. The molecule has 4 rings (SSSR count). The van der Waals surface area contributed by atoms with Gasteiger partial charge in [0.05, 0.1) is 12.6 Å². The lowest BCUT2D eigenvalue weighted by Crippen LogP contribution is -2.50. The van der Waals surface area contributed by atoms with Crippen LogP contribution in [0, 0.1) is 5.92 Å². The van der Waals surface area contributed by atoms with Crippen molar-refractivity contribution in [2.45, 2.75) is 33.0 Å². The van der Waals surface area contributed by atoms with Gasteiger partial charge in [-0.2, -0.15) is 0 Å². The van der Waals surface area contributed by atoms with Gasteiger partial charge < -0.3 is 15.0 Å². The predicted octanol–water partition coefficient (Wildman–Crippen LogP) is 4.79. The van der Waals surface area contributed by atoms with E-state index in [1.807, 2.05) is 50.2 Å². The maximum atomic E-state index is 13.7. The average molecular weight is 506 g/mol. The van der Waals surface area contributed by atoms with Crippen LogP contribution in [0.1, 0.15) is 19.4 Å². The molecule has 0 fully saturated rings. The molecule has 1 atom stereocenters. The van der Waals surface area contributed by atoms with Gasteiger partial charge in [-0.15, -0.1) is 5.10 Å². The summed E-state index contributed by atoms with van der Waals surface area (Å²) in [5.74, 6) is 0.00473. The number of hydrogen-bond donors (Lipinski definition) is 1. The fraction of sp³-hybridized carbons (Fsp3) is 0.259. The Morgan fingerprint density at radius 1 is 1.03 bits per heavy atom. The van der Waals surface area contributed by atoms with Crippen LogP contribution in [-0.4, -0.2) is 44.9 Å². The van der Waals surface area contributed by atoms with Gasteiger partial charge in [0, 0.05) is 17.3 Å². The molecule has 1 aromatic heterocycles. The molecule has 36 heavy (non-hydrogen) atoms. The van der Waals surface area contributed by atoms with E-state index in [9.17, 15) is 9.59 Å². The third-order valence-electron chi connectivity index (χ3n) is 5.89. The first kappa shape index (κ1) is 25.2. The molecule has 1 N–H and O–H groups in total. The highest BCUT2D eigenvalue weighted by Crippen LogP contribution is 2.22. The van der Waals surface area contributed by atoms with Crippen molar-refractivity contribution in [3.63, 3.8) is 0 Å². The van der Waals surface area contributed by atoms with E-state index in [0.29, 0.717) is 22.0 Å². The first-order valence-corrected chi connectivity index (χ1v) is 12.0. The highest BCUT2D eigenvalue weighted by Gasteiger charge is 2.33. The van der Waals surface area contributed by atoms with Gasteiger partial charge in [0.25, 0.3) is 0 Å². The summed E-state index contributed by atoms with van der Waals surface area (Å²) in [6, 6.07) is 21.0. The lowest BCUT2D eigenvalue weighted by Gasteiger charge is -2.33. The second-order valence-corrected chi connectivity index (χ2v) is 9.23. The third kappa shape index (κ3) is 5.83. The summed E-state index contributed by atoms with van der Waals surface area (Å²) in [6.45, 7) is 4.03. The van der Waals surface area contributed by atoms with Crippen molar-refractivity contribution >= 4 is 40.1 Å². The molecule has 4 aromatic rings. The van der Waals surface area contributed by atoms with E-state index in [2.05, 4.69) is 15.6 Å². The number of hydrogen-bond acceptors (Lipinski definition) is 5. The molecule has 186 valence electrons. The summed E-state index contributed by atoms with van der Waals surface area (Å²) >= 11 is 6.06. The van der Waals surface area contributed by atoms with Crippen LogP contribution in [0.25, 0.3) is 11.0 Å². The molecule has 9 heteroatoms. The second-order valence-electron chi connectivity index (χ2n) is 8.79. The molecule has 0 bridgehead atoms. The van der Waals surface area contributed by atoms with Gasteiger partial charge in [-0.25, -0.2) is 4.68 Å². The quantitative estimate of drug-likeness (QED) is 0.353. The molecule has 3 aromatic carbocycles. The lowest BCUT2D eigenvalue weighted by atomic mass is 10.00. The Labute approximate surface area is 214 Å². The number of benzene rings is 3. The number of amides is 2. The van der Waals surface area contributed by atoms with Crippen LogP contribution < -0.4 is 10.1 Å². The number of ether oxygens (including phenoxy) is 1. The Balaban J connectivity index is 1.63. The highest BCUT2D eigenvalue weighted by atomic mass is 35.5. The summed E-state index contributed by atoms with van der Waals surface area (Å²) in [4.78, 5) is 28.8. The molecule has 0 saturated carbocycles. The Kier molecular flexibility index (Phi) is 7.85. The van der Waals surface area contributed by atoms with Crippen molar-refractivity contribution in [2.75, 3.05) is 12.4 Å². The van der Waals surface area contributed by atoms with Crippen LogP contribution in [0.2, 0.25) is 5.02 Å². The number of halogens is 1. The van der Waals surface area contributed by atoms with Crippen LogP contribution in [0.4, 0.5) is 5.69 Å². The molecular formula is C27H28ClN5O3. The molecular weight excluding hydrogens is 478 g/mol. The van der Waals surface area contributed by atoms with E-state index in [4.69, 9.17) is 16.3 Å². The van der Waals surface area contributed by atoms with Gasteiger partial charge >= 0.3 is 0 Å². The van der Waals surface area contributed by atoms with Crippen LogP contribution in [-0.2, 0) is 22.7 Å². The maximum absolute atomic E-state index is 13.7. The summed E-state index contributed by atoms with van der Waals surface area (Å²) in [6.07, 6.45) is 0. The number of methoxy groups -OCH3 is 1. The van der Waals surface area contributed by atoms with Crippen molar-refractivity contribution in [2.24, 2.45) is 5.92 Å². The lowest BCUT2D eigenvalue weighted by molar-refractivity contribution is -0.141. The molecule has 0 aliphatic heterocycles. The molecule has 0 aliphatic carbocycles. The van der Waals surface area contributed by atoms with Crippen LogP contribution in [0.3, 0.4) is 0 Å². The van der Waals surface area contributed by atoms with Crippen molar-refractivity contribution in [1.82, 2.24) is 19.9 Å². The number of anilines is 1. The number of nitrogens with zero attached hydrogens (tertiary/aromatic N) is 4. The number of carbonyl (C=O) groups is 2. The minimum Gasteiger partial charge on any atom is -0.497 e. The van der Waals surface area contributed by atoms with E-state index in [1.165, 1.54) is 0 Å². The fourth-order valence-electron chi connectivity index (χ4n) is 4.08. The number of fused-ring (bicyclic) bond motifs is 1. The van der Waals surface area contributed by atoms with Crippen molar-refractivity contribution in [3.8, 4) is 5.75 Å². The van der Waals surface area contributed by atoms with Gasteiger partial charge in [-0.1, -0.05) is 54.9 Å². The number of nitrogens with one attached hydrogen (secondary N) is 1. The van der Waals surface area contributed by atoms with Gasteiger partial charge in [0.2, 0.25) is 11.8 Å². The summed E-state index contributed by atoms with van der Waals surface area (Å²) < 4.78 is 6.76. The van der Waals surface area contributed by atoms with Crippen LogP contribution >= 0.6 is 11.6 Å². The maximum Gasteiger partial charge on any atom is 0.247 e. The average Bonchev–Trinajstić information content (AvgIpc) is 3.28. The smallest absolute Gasteiger partial charge is 0.247 e. The monoisotopic (exact) mass is 505 g/mol. The molecule has 2 amide bonds. The fourth-order valence-corrected chi connectivity index (χ4v) is 4.20. The zero-order valence-electron chi connectivity index (χ0n) is 20.4. The predicted molar refractivity (Wildman–Crippen MR) is 140 cm³/mol. The topological polar surface area (TPSA) is 89.4 Å². The third-order valence-corrected chi connectivity index (χ3v) is 6.14. The Hall–Kier alpha value is -3.91. The number of para-hydroxylation sites is 1. The van der Waals surface area contributed by atoms with E-state index >= 15 is 0 Å². The Morgan fingerprint density at radius 3 is 2.39 bits per heavy atom. The van der Waals surface area contributed by atoms with Gasteiger partial charge in [0.1, 0.15) is 23.9 Å². The first-order chi connectivity index (χ1) is 17.4. The number of carbonyl (C=O) groups excluding carboxylic acids is 2. The van der Waals surface area contributed by atoms with Crippen molar-refractivity contribution < 1.29 is 14.3 Å². The normalized spacial score (nSPS) is 11.9.